The van der Waals surface area contributed by atoms with E-state index in [4.69, 9.17) is 0 Å². The van der Waals surface area contributed by atoms with Crippen molar-refractivity contribution in [3.63, 3.8) is 0 Å². The second-order valence-electron chi connectivity index (χ2n) is 7.07. The SMILES string of the molecule is CC[C@H](C)NS(=O)(=O)c1ccc(C(=O)N2CCN(c3ccccc3)CC2)cc1. The highest BCUT2D eigenvalue weighted by molar-refractivity contribution is 7.89. The number of nitrogens with one attached hydrogen (secondary N) is 1. The Morgan fingerprint density at radius 2 is 1.61 bits per heavy atom. The third-order valence-electron chi connectivity index (χ3n) is 5.07. The summed E-state index contributed by atoms with van der Waals surface area (Å²) in [4.78, 5) is 17.0. The summed E-state index contributed by atoms with van der Waals surface area (Å²) in [6.45, 7) is 6.59. The van der Waals surface area contributed by atoms with Crippen molar-refractivity contribution in [2.24, 2.45) is 0 Å². The maximum Gasteiger partial charge on any atom is 0.253 e. The van der Waals surface area contributed by atoms with Crippen LogP contribution in [-0.2, 0) is 10.0 Å². The topological polar surface area (TPSA) is 69.7 Å². The van der Waals surface area contributed by atoms with E-state index in [1.165, 1.54) is 12.1 Å². The van der Waals surface area contributed by atoms with Gasteiger partial charge in [0.15, 0.2) is 0 Å². The summed E-state index contributed by atoms with van der Waals surface area (Å²) in [6.07, 6.45) is 0.713. The zero-order chi connectivity index (χ0) is 20.1. The number of carbonyl (C=O) groups excluding carboxylic acids is 1. The molecule has 6 nitrogen and oxygen atoms in total. The van der Waals surface area contributed by atoms with Crippen molar-refractivity contribution < 1.29 is 13.2 Å². The van der Waals surface area contributed by atoms with Crippen LogP contribution < -0.4 is 9.62 Å². The Hall–Kier alpha value is -2.38. The van der Waals surface area contributed by atoms with Gasteiger partial charge in [0.2, 0.25) is 10.0 Å². The maximum atomic E-state index is 12.8. The molecule has 1 atom stereocenters. The molecule has 150 valence electrons. The fourth-order valence-corrected chi connectivity index (χ4v) is 4.51. The third-order valence-corrected chi connectivity index (χ3v) is 6.67. The Morgan fingerprint density at radius 3 is 2.18 bits per heavy atom. The predicted molar refractivity (Wildman–Crippen MR) is 111 cm³/mol. The zero-order valence-electron chi connectivity index (χ0n) is 16.3. The van der Waals surface area contributed by atoms with E-state index >= 15 is 0 Å². The van der Waals surface area contributed by atoms with E-state index in [0.29, 0.717) is 25.1 Å². The lowest BCUT2D eigenvalue weighted by molar-refractivity contribution is 0.0746. The molecule has 0 aliphatic carbocycles. The van der Waals surface area contributed by atoms with E-state index in [1.54, 1.807) is 12.1 Å². The lowest BCUT2D eigenvalue weighted by Crippen LogP contribution is -2.48. The molecule has 1 saturated heterocycles. The Kier molecular flexibility index (Phi) is 6.36. The lowest BCUT2D eigenvalue weighted by Gasteiger charge is -2.36. The summed E-state index contributed by atoms with van der Waals surface area (Å²) in [5.41, 5.74) is 1.67. The predicted octanol–water partition coefficient (Wildman–Crippen LogP) is 2.73. The number of hydrogen-bond donors (Lipinski definition) is 1. The van der Waals surface area contributed by atoms with Gasteiger partial charge in [0, 0.05) is 43.5 Å². The molecule has 1 fully saturated rings. The second-order valence-corrected chi connectivity index (χ2v) is 8.78. The summed E-state index contributed by atoms with van der Waals surface area (Å²) in [5.74, 6) is -0.0634. The number of hydrogen-bond acceptors (Lipinski definition) is 4. The first-order valence-electron chi connectivity index (χ1n) is 9.62. The van der Waals surface area contributed by atoms with Crippen LogP contribution in [0.3, 0.4) is 0 Å². The summed E-state index contributed by atoms with van der Waals surface area (Å²) in [5, 5.41) is 0. The van der Waals surface area contributed by atoms with Gasteiger partial charge in [-0.05, 0) is 49.7 Å². The van der Waals surface area contributed by atoms with E-state index < -0.39 is 10.0 Å². The van der Waals surface area contributed by atoms with Gasteiger partial charge in [-0.3, -0.25) is 4.79 Å². The summed E-state index contributed by atoms with van der Waals surface area (Å²) < 4.78 is 27.3. The summed E-state index contributed by atoms with van der Waals surface area (Å²) in [7, 11) is -3.56. The minimum Gasteiger partial charge on any atom is -0.368 e. The van der Waals surface area contributed by atoms with Gasteiger partial charge in [-0.2, -0.15) is 0 Å². The molecule has 28 heavy (non-hydrogen) atoms. The van der Waals surface area contributed by atoms with E-state index in [1.807, 2.05) is 36.9 Å². The Labute approximate surface area is 167 Å². The monoisotopic (exact) mass is 401 g/mol. The number of anilines is 1. The molecule has 3 rings (SSSR count). The number of para-hydroxylation sites is 1. The normalized spacial score (nSPS) is 16.1. The first kappa shape index (κ1) is 20.4. The highest BCUT2D eigenvalue weighted by atomic mass is 32.2. The molecular formula is C21H27N3O3S. The fraction of sp³-hybridized carbons (Fsp3) is 0.381. The number of nitrogens with zero attached hydrogens (tertiary/aromatic N) is 2. The molecule has 0 radical (unpaired) electrons. The van der Waals surface area contributed by atoms with Crippen LogP contribution >= 0.6 is 0 Å². The number of benzene rings is 2. The Morgan fingerprint density at radius 1 is 1.00 bits per heavy atom. The smallest absolute Gasteiger partial charge is 0.253 e. The van der Waals surface area contributed by atoms with Crippen molar-refractivity contribution >= 4 is 21.6 Å². The number of piperazine rings is 1. The maximum absolute atomic E-state index is 12.8. The largest absolute Gasteiger partial charge is 0.368 e. The standard InChI is InChI=1S/C21H27N3O3S/c1-3-17(2)22-28(26,27)20-11-9-18(10-12-20)21(25)24-15-13-23(14-16-24)19-7-5-4-6-8-19/h4-12,17,22H,3,13-16H2,1-2H3/t17-/m0/s1. The molecule has 0 bridgehead atoms. The second kappa shape index (κ2) is 8.75. The van der Waals surface area contributed by atoms with E-state index in [0.717, 1.165) is 18.8 Å². The van der Waals surface area contributed by atoms with E-state index in [2.05, 4.69) is 21.8 Å². The van der Waals surface area contributed by atoms with Crippen LogP contribution in [0.1, 0.15) is 30.6 Å². The molecule has 1 heterocycles. The highest BCUT2D eigenvalue weighted by Crippen LogP contribution is 2.18. The molecule has 1 aliphatic heterocycles. The van der Waals surface area contributed by atoms with Crippen molar-refractivity contribution in [1.82, 2.24) is 9.62 Å². The average Bonchev–Trinajstić information content (AvgIpc) is 2.73. The number of carbonyl (C=O) groups is 1. The Balaban J connectivity index is 1.62. The van der Waals surface area contributed by atoms with Gasteiger partial charge in [-0.15, -0.1) is 0 Å². The molecule has 2 aromatic rings. The van der Waals surface area contributed by atoms with Crippen LogP contribution in [0.2, 0.25) is 0 Å². The molecule has 0 aromatic heterocycles. The number of sulfonamides is 1. The van der Waals surface area contributed by atoms with Crippen molar-refractivity contribution in [3.8, 4) is 0 Å². The van der Waals surface area contributed by atoms with Gasteiger partial charge in [-0.25, -0.2) is 13.1 Å². The summed E-state index contributed by atoms with van der Waals surface area (Å²) in [6, 6.07) is 16.2. The third kappa shape index (κ3) is 4.72. The van der Waals surface area contributed by atoms with Crippen LogP contribution in [0, 0.1) is 0 Å². The van der Waals surface area contributed by atoms with Crippen molar-refractivity contribution in [2.75, 3.05) is 31.1 Å². The number of amides is 1. The quantitative estimate of drug-likeness (QED) is 0.808. The Bertz CT molecular complexity index is 890. The van der Waals surface area contributed by atoms with Crippen molar-refractivity contribution in [2.45, 2.75) is 31.2 Å². The molecule has 1 N–H and O–H groups in total. The van der Waals surface area contributed by atoms with E-state index in [-0.39, 0.29) is 16.8 Å². The van der Waals surface area contributed by atoms with Crippen molar-refractivity contribution in [1.29, 1.82) is 0 Å². The molecule has 1 amide bonds. The molecule has 2 aromatic carbocycles. The van der Waals surface area contributed by atoms with E-state index in [9.17, 15) is 13.2 Å². The van der Waals surface area contributed by atoms with Crippen molar-refractivity contribution in [3.05, 3.63) is 60.2 Å². The summed E-state index contributed by atoms with van der Waals surface area (Å²) >= 11 is 0. The van der Waals surface area contributed by atoms with Gasteiger partial charge in [-0.1, -0.05) is 25.1 Å². The van der Waals surface area contributed by atoms with Crippen LogP contribution in [0.4, 0.5) is 5.69 Å². The van der Waals surface area contributed by atoms with Crippen LogP contribution in [0.5, 0.6) is 0 Å². The highest BCUT2D eigenvalue weighted by Gasteiger charge is 2.23. The van der Waals surface area contributed by atoms with Gasteiger partial charge in [0.1, 0.15) is 0 Å². The van der Waals surface area contributed by atoms with Gasteiger partial charge in [0.05, 0.1) is 4.90 Å². The number of rotatable bonds is 6. The minimum absolute atomic E-state index is 0.0634. The lowest BCUT2D eigenvalue weighted by atomic mass is 10.1. The molecule has 0 unspecified atom stereocenters. The first-order chi connectivity index (χ1) is 13.4. The van der Waals surface area contributed by atoms with Gasteiger partial charge < -0.3 is 9.80 Å². The molecule has 0 spiro atoms. The zero-order valence-corrected chi connectivity index (χ0v) is 17.2. The minimum atomic E-state index is -3.56. The first-order valence-corrected chi connectivity index (χ1v) is 11.1. The van der Waals surface area contributed by atoms with Gasteiger partial charge in [0.25, 0.3) is 5.91 Å². The van der Waals surface area contributed by atoms with Crippen LogP contribution in [0.15, 0.2) is 59.5 Å². The fourth-order valence-electron chi connectivity index (χ4n) is 3.18. The molecule has 1 aliphatic rings. The van der Waals surface area contributed by atoms with Crippen LogP contribution in [-0.4, -0.2) is 51.4 Å². The molecule has 7 heteroatoms. The average molecular weight is 402 g/mol. The molecule has 0 saturated carbocycles. The molecular weight excluding hydrogens is 374 g/mol. The van der Waals surface area contributed by atoms with Crippen LogP contribution in [0.25, 0.3) is 0 Å². The van der Waals surface area contributed by atoms with Gasteiger partial charge >= 0.3 is 0 Å².